The van der Waals surface area contributed by atoms with Crippen molar-refractivity contribution in [2.45, 2.75) is 19.8 Å². The maximum atomic E-state index is 12.5. The van der Waals surface area contributed by atoms with Crippen molar-refractivity contribution in [2.24, 2.45) is 0 Å². The van der Waals surface area contributed by atoms with Gasteiger partial charge in [0.1, 0.15) is 10.9 Å². The van der Waals surface area contributed by atoms with Gasteiger partial charge in [0.2, 0.25) is 0 Å². The molecule has 1 N–H and O–H groups in total. The Morgan fingerprint density at radius 2 is 2.10 bits per heavy atom. The van der Waals surface area contributed by atoms with E-state index >= 15 is 0 Å². The zero-order valence-electron chi connectivity index (χ0n) is 11.6. The third-order valence-electron chi connectivity index (χ3n) is 3.04. The number of hydrogen-bond donors (Lipinski definition) is 1. The van der Waals surface area contributed by atoms with Crippen LogP contribution in [0.3, 0.4) is 0 Å². The number of hydrogen-bond acceptors (Lipinski definition) is 3. The van der Waals surface area contributed by atoms with E-state index in [4.69, 9.17) is 16.3 Å². The molecular formula is C14H14BrClN2O3. The lowest BCUT2D eigenvalue weighted by Gasteiger charge is -2.11. The van der Waals surface area contributed by atoms with Crippen molar-refractivity contribution in [3.63, 3.8) is 0 Å². The van der Waals surface area contributed by atoms with Gasteiger partial charge in [0.05, 0.1) is 18.4 Å². The van der Waals surface area contributed by atoms with E-state index in [0.29, 0.717) is 27.9 Å². The van der Waals surface area contributed by atoms with Crippen LogP contribution in [0.15, 0.2) is 32.3 Å². The normalized spacial score (nSPS) is 10.7. The molecule has 0 unspecified atom stereocenters. The summed E-state index contributed by atoms with van der Waals surface area (Å²) in [6.07, 6.45) is 1.25. The Labute approximate surface area is 134 Å². The van der Waals surface area contributed by atoms with Crippen LogP contribution in [0.2, 0.25) is 5.15 Å². The predicted octanol–water partition coefficient (Wildman–Crippen LogP) is 2.90. The molecule has 0 fully saturated rings. The molecule has 2 rings (SSSR count). The minimum Gasteiger partial charge on any atom is -0.497 e. The number of aromatic nitrogens is 2. The third kappa shape index (κ3) is 3.06. The van der Waals surface area contributed by atoms with E-state index in [1.807, 2.05) is 6.92 Å². The van der Waals surface area contributed by atoms with E-state index in [9.17, 15) is 9.59 Å². The van der Waals surface area contributed by atoms with Crippen molar-refractivity contribution in [1.82, 2.24) is 9.55 Å². The molecule has 1 aromatic heterocycles. The zero-order chi connectivity index (χ0) is 15.6. The van der Waals surface area contributed by atoms with Gasteiger partial charge in [-0.05, 0) is 34.5 Å². The van der Waals surface area contributed by atoms with Crippen LogP contribution in [0, 0.1) is 0 Å². The smallest absolute Gasteiger partial charge is 0.334 e. The summed E-state index contributed by atoms with van der Waals surface area (Å²) in [4.78, 5) is 27.2. The number of nitrogens with zero attached hydrogens (tertiary/aromatic N) is 1. The minimum atomic E-state index is -0.584. The van der Waals surface area contributed by atoms with E-state index in [1.165, 1.54) is 7.11 Å². The van der Waals surface area contributed by atoms with Crippen molar-refractivity contribution in [1.29, 1.82) is 0 Å². The van der Waals surface area contributed by atoms with Gasteiger partial charge < -0.3 is 4.74 Å². The lowest BCUT2D eigenvalue weighted by atomic mass is 10.2. The summed E-state index contributed by atoms with van der Waals surface area (Å²) in [5.74, 6) is 0.548. The molecule has 0 bridgehead atoms. The largest absolute Gasteiger partial charge is 0.497 e. The van der Waals surface area contributed by atoms with E-state index < -0.39 is 11.2 Å². The summed E-state index contributed by atoms with van der Waals surface area (Å²) in [6, 6.07) is 5.06. The molecule has 0 aliphatic heterocycles. The van der Waals surface area contributed by atoms with Crippen LogP contribution in [0.1, 0.15) is 18.9 Å². The molecular weight excluding hydrogens is 360 g/mol. The number of H-pyrrole nitrogens is 1. The number of nitrogens with one attached hydrogen (secondary N) is 1. The minimum absolute atomic E-state index is 0.0992. The highest BCUT2D eigenvalue weighted by molar-refractivity contribution is 9.10. The van der Waals surface area contributed by atoms with Crippen LogP contribution in [0.25, 0.3) is 5.69 Å². The molecule has 7 heteroatoms. The average Bonchev–Trinajstić information content (AvgIpc) is 2.45. The van der Waals surface area contributed by atoms with Gasteiger partial charge in [-0.3, -0.25) is 9.78 Å². The standard InChI is InChI=1S/C14H14BrClN2O3/c1-3-4-9-12(16)17-14(20)18(13(9)19)11-7-8(21-2)5-6-10(11)15/h5-7H,3-4H2,1-2H3,(H,17,20). The Hall–Kier alpha value is -1.53. The fourth-order valence-electron chi connectivity index (χ4n) is 2.02. The Balaban J connectivity index is 2.78. The highest BCUT2D eigenvalue weighted by Gasteiger charge is 2.15. The van der Waals surface area contributed by atoms with Gasteiger partial charge in [0.25, 0.3) is 5.56 Å². The number of rotatable bonds is 4. The Kier molecular flexibility index (Phi) is 4.90. The first-order valence-corrected chi connectivity index (χ1v) is 7.54. The lowest BCUT2D eigenvalue weighted by molar-refractivity contribution is 0.414. The van der Waals surface area contributed by atoms with Crippen LogP contribution in [0.4, 0.5) is 0 Å². The first kappa shape index (κ1) is 15.9. The monoisotopic (exact) mass is 372 g/mol. The van der Waals surface area contributed by atoms with Crippen molar-refractivity contribution in [3.8, 4) is 11.4 Å². The topological polar surface area (TPSA) is 64.1 Å². The lowest BCUT2D eigenvalue weighted by Crippen LogP contribution is -2.36. The van der Waals surface area contributed by atoms with Crippen LogP contribution in [-0.2, 0) is 6.42 Å². The molecule has 21 heavy (non-hydrogen) atoms. The first-order chi connectivity index (χ1) is 9.99. The van der Waals surface area contributed by atoms with Gasteiger partial charge in [-0.15, -0.1) is 0 Å². The number of ether oxygens (including phenoxy) is 1. The highest BCUT2D eigenvalue weighted by Crippen LogP contribution is 2.24. The second-order valence-electron chi connectivity index (χ2n) is 4.43. The molecule has 2 aromatic rings. The quantitative estimate of drug-likeness (QED) is 0.838. The fraction of sp³-hybridized carbons (Fsp3) is 0.286. The SMILES string of the molecule is CCCc1c(Cl)[nH]c(=O)n(-c2cc(OC)ccc2Br)c1=O. The second-order valence-corrected chi connectivity index (χ2v) is 5.66. The Morgan fingerprint density at radius 3 is 2.71 bits per heavy atom. The molecule has 112 valence electrons. The van der Waals surface area contributed by atoms with Crippen LogP contribution < -0.4 is 16.0 Å². The summed E-state index contributed by atoms with van der Waals surface area (Å²) >= 11 is 9.31. The summed E-state index contributed by atoms with van der Waals surface area (Å²) in [7, 11) is 1.52. The van der Waals surface area contributed by atoms with Crippen molar-refractivity contribution in [3.05, 3.63) is 54.2 Å². The molecule has 1 aromatic carbocycles. The molecule has 0 saturated carbocycles. The van der Waals surface area contributed by atoms with Crippen LogP contribution in [0.5, 0.6) is 5.75 Å². The molecule has 0 saturated heterocycles. The molecule has 0 amide bonds. The highest BCUT2D eigenvalue weighted by atomic mass is 79.9. The molecule has 0 aliphatic rings. The summed E-state index contributed by atoms with van der Waals surface area (Å²) < 4.78 is 6.81. The number of benzene rings is 1. The number of halogens is 2. The van der Waals surface area contributed by atoms with E-state index in [-0.39, 0.29) is 5.15 Å². The maximum absolute atomic E-state index is 12.5. The Morgan fingerprint density at radius 1 is 1.38 bits per heavy atom. The van der Waals surface area contributed by atoms with Gasteiger partial charge >= 0.3 is 5.69 Å². The third-order valence-corrected chi connectivity index (χ3v) is 4.03. The average molecular weight is 374 g/mol. The van der Waals surface area contributed by atoms with Gasteiger partial charge in [-0.25, -0.2) is 9.36 Å². The summed E-state index contributed by atoms with van der Waals surface area (Å²) in [5, 5.41) is 0.0992. The van der Waals surface area contributed by atoms with Crippen molar-refractivity contribution in [2.75, 3.05) is 7.11 Å². The molecule has 0 atom stereocenters. The van der Waals surface area contributed by atoms with Gasteiger partial charge in [-0.2, -0.15) is 0 Å². The Bertz CT molecular complexity index is 783. The molecule has 5 nitrogen and oxygen atoms in total. The molecule has 0 spiro atoms. The predicted molar refractivity (Wildman–Crippen MR) is 85.9 cm³/mol. The molecule has 1 heterocycles. The summed E-state index contributed by atoms with van der Waals surface area (Å²) in [5.41, 5.74) is -0.193. The van der Waals surface area contributed by atoms with Gasteiger partial charge in [0.15, 0.2) is 0 Å². The molecule has 0 aliphatic carbocycles. The first-order valence-electron chi connectivity index (χ1n) is 6.37. The van der Waals surface area contributed by atoms with E-state index in [1.54, 1.807) is 18.2 Å². The number of aromatic amines is 1. The van der Waals surface area contributed by atoms with Crippen LogP contribution in [-0.4, -0.2) is 16.7 Å². The fourth-order valence-corrected chi connectivity index (χ4v) is 2.70. The zero-order valence-corrected chi connectivity index (χ0v) is 13.9. The number of methoxy groups -OCH3 is 1. The van der Waals surface area contributed by atoms with Crippen molar-refractivity contribution >= 4 is 27.5 Å². The maximum Gasteiger partial charge on any atom is 0.334 e. The van der Waals surface area contributed by atoms with E-state index in [0.717, 1.165) is 11.0 Å². The second kappa shape index (κ2) is 6.49. The van der Waals surface area contributed by atoms with E-state index in [2.05, 4.69) is 20.9 Å². The van der Waals surface area contributed by atoms with Gasteiger partial charge in [0, 0.05) is 10.5 Å². The van der Waals surface area contributed by atoms with Crippen LogP contribution >= 0.6 is 27.5 Å². The van der Waals surface area contributed by atoms with Gasteiger partial charge in [-0.1, -0.05) is 24.9 Å². The van der Waals surface area contributed by atoms with Crippen molar-refractivity contribution < 1.29 is 4.74 Å². The summed E-state index contributed by atoms with van der Waals surface area (Å²) in [6.45, 7) is 1.94. The molecule has 0 radical (unpaired) electrons.